The van der Waals surface area contributed by atoms with Crippen molar-refractivity contribution in [1.29, 1.82) is 0 Å². The lowest BCUT2D eigenvalue weighted by molar-refractivity contribution is 0.589. The minimum Gasteiger partial charge on any atom is -0.346 e. The first-order valence-corrected chi connectivity index (χ1v) is 5.00. The maximum absolute atomic E-state index is 6.11. The van der Waals surface area contributed by atoms with Crippen molar-refractivity contribution in [2.24, 2.45) is 0 Å². The summed E-state index contributed by atoms with van der Waals surface area (Å²) in [5.74, 6) is 0. The number of H-pyrrole nitrogens is 1. The van der Waals surface area contributed by atoms with E-state index in [1.807, 2.05) is 12.3 Å². The summed E-state index contributed by atoms with van der Waals surface area (Å²) in [7, 11) is 0. The number of halogens is 1. The molecule has 2 nitrogen and oxygen atoms in total. The molecule has 0 unspecified atom stereocenters. The van der Waals surface area contributed by atoms with Gasteiger partial charge in [0.15, 0.2) is 0 Å². The predicted octanol–water partition coefficient (Wildman–Crippen LogP) is 3.51. The Morgan fingerprint density at radius 2 is 2.07 bits per heavy atom. The molecular weight excluding hydrogens is 196 g/mol. The van der Waals surface area contributed by atoms with Crippen molar-refractivity contribution in [3.8, 4) is 0 Å². The van der Waals surface area contributed by atoms with Crippen molar-refractivity contribution in [2.75, 3.05) is 0 Å². The average molecular weight is 209 g/mol. The molecule has 0 aromatic carbocycles. The highest BCUT2D eigenvalue weighted by molar-refractivity contribution is 6.30. The third-order valence-electron chi connectivity index (χ3n) is 2.30. The van der Waals surface area contributed by atoms with Crippen LogP contribution in [0.2, 0.25) is 5.15 Å². The van der Waals surface area contributed by atoms with Crippen LogP contribution in [0.4, 0.5) is 0 Å². The molecule has 0 aliphatic rings. The maximum Gasteiger partial charge on any atom is 0.139 e. The van der Waals surface area contributed by atoms with Crippen LogP contribution in [-0.4, -0.2) is 9.97 Å². The summed E-state index contributed by atoms with van der Waals surface area (Å²) in [6, 6.07) is 4.11. The fourth-order valence-electron chi connectivity index (χ4n) is 1.49. The lowest BCUT2D eigenvalue weighted by atomic mass is 9.88. The van der Waals surface area contributed by atoms with Crippen LogP contribution in [-0.2, 0) is 5.41 Å². The van der Waals surface area contributed by atoms with Crippen LogP contribution >= 0.6 is 11.6 Å². The molecule has 2 aromatic heterocycles. The van der Waals surface area contributed by atoms with E-state index >= 15 is 0 Å². The molecule has 14 heavy (non-hydrogen) atoms. The molecule has 2 rings (SSSR count). The normalized spacial score (nSPS) is 12.3. The molecule has 0 aliphatic carbocycles. The van der Waals surface area contributed by atoms with Crippen molar-refractivity contribution in [2.45, 2.75) is 26.2 Å². The summed E-state index contributed by atoms with van der Waals surface area (Å²) < 4.78 is 0. The van der Waals surface area contributed by atoms with Crippen LogP contribution in [0.15, 0.2) is 18.3 Å². The van der Waals surface area contributed by atoms with Gasteiger partial charge < -0.3 is 4.98 Å². The summed E-state index contributed by atoms with van der Waals surface area (Å²) in [5, 5.41) is 1.70. The number of hydrogen-bond acceptors (Lipinski definition) is 1. The molecule has 0 saturated heterocycles. The molecule has 3 heteroatoms. The second kappa shape index (κ2) is 2.99. The van der Waals surface area contributed by atoms with E-state index in [-0.39, 0.29) is 5.41 Å². The van der Waals surface area contributed by atoms with Crippen LogP contribution in [0.25, 0.3) is 11.0 Å². The molecule has 0 fully saturated rings. The van der Waals surface area contributed by atoms with Crippen molar-refractivity contribution in [1.82, 2.24) is 9.97 Å². The van der Waals surface area contributed by atoms with Gasteiger partial charge in [0.2, 0.25) is 0 Å². The lowest BCUT2D eigenvalue weighted by Crippen LogP contribution is -2.12. The second-order valence-electron chi connectivity index (χ2n) is 4.49. The van der Waals surface area contributed by atoms with Gasteiger partial charge in [0.1, 0.15) is 10.8 Å². The molecule has 0 radical (unpaired) electrons. The Morgan fingerprint density at radius 3 is 2.71 bits per heavy atom. The minimum absolute atomic E-state index is 0.0372. The number of rotatable bonds is 0. The van der Waals surface area contributed by atoms with Gasteiger partial charge in [0.05, 0.1) is 0 Å². The van der Waals surface area contributed by atoms with E-state index in [1.54, 1.807) is 0 Å². The van der Waals surface area contributed by atoms with Crippen LogP contribution in [0.5, 0.6) is 0 Å². The van der Waals surface area contributed by atoms with E-state index in [2.05, 4.69) is 36.8 Å². The number of pyridine rings is 1. The van der Waals surface area contributed by atoms with Gasteiger partial charge in [-0.2, -0.15) is 0 Å². The van der Waals surface area contributed by atoms with Crippen LogP contribution in [0.3, 0.4) is 0 Å². The third-order valence-corrected chi connectivity index (χ3v) is 2.58. The van der Waals surface area contributed by atoms with Crippen molar-refractivity contribution in [3.05, 3.63) is 29.0 Å². The molecule has 74 valence electrons. The van der Waals surface area contributed by atoms with Crippen molar-refractivity contribution < 1.29 is 0 Å². The zero-order valence-electron chi connectivity index (χ0n) is 8.56. The Bertz CT molecular complexity index is 466. The SMILES string of the molecule is CC(C)(C)c1cc2cc[nH]c2nc1Cl. The molecular formula is C11H13ClN2. The highest BCUT2D eigenvalue weighted by Gasteiger charge is 2.19. The van der Waals surface area contributed by atoms with Gasteiger partial charge in [-0.1, -0.05) is 32.4 Å². The lowest BCUT2D eigenvalue weighted by Gasteiger charge is -2.19. The molecule has 2 aromatic rings. The Hall–Kier alpha value is -1.02. The molecule has 0 amide bonds. The van der Waals surface area contributed by atoms with E-state index in [0.717, 1.165) is 16.6 Å². The van der Waals surface area contributed by atoms with Gasteiger partial charge in [-0.3, -0.25) is 0 Å². The first-order valence-electron chi connectivity index (χ1n) is 4.62. The van der Waals surface area contributed by atoms with Crippen molar-refractivity contribution in [3.63, 3.8) is 0 Å². The number of fused-ring (bicyclic) bond motifs is 1. The monoisotopic (exact) mass is 208 g/mol. The summed E-state index contributed by atoms with van der Waals surface area (Å²) in [6.07, 6.45) is 1.88. The molecule has 0 bridgehead atoms. The van der Waals surface area contributed by atoms with Crippen LogP contribution in [0.1, 0.15) is 26.3 Å². The number of aromatic nitrogens is 2. The fourth-order valence-corrected chi connectivity index (χ4v) is 1.91. The molecule has 0 atom stereocenters. The van der Waals surface area contributed by atoms with Gasteiger partial charge in [0.25, 0.3) is 0 Å². The van der Waals surface area contributed by atoms with Gasteiger partial charge in [-0.25, -0.2) is 4.98 Å². The maximum atomic E-state index is 6.11. The van der Waals surface area contributed by atoms with Crippen LogP contribution < -0.4 is 0 Å². The Morgan fingerprint density at radius 1 is 1.36 bits per heavy atom. The van der Waals surface area contributed by atoms with Gasteiger partial charge in [-0.15, -0.1) is 0 Å². The van der Waals surface area contributed by atoms with Gasteiger partial charge in [-0.05, 0) is 23.1 Å². The van der Waals surface area contributed by atoms with E-state index < -0.39 is 0 Å². The highest BCUT2D eigenvalue weighted by Crippen LogP contribution is 2.30. The summed E-state index contributed by atoms with van der Waals surface area (Å²) in [6.45, 7) is 6.40. The van der Waals surface area contributed by atoms with E-state index in [0.29, 0.717) is 5.15 Å². The number of aromatic amines is 1. The number of hydrogen-bond donors (Lipinski definition) is 1. The first kappa shape index (κ1) is 9.53. The average Bonchev–Trinajstić information content (AvgIpc) is 2.47. The predicted molar refractivity (Wildman–Crippen MR) is 59.8 cm³/mol. The fraction of sp³-hybridized carbons (Fsp3) is 0.364. The number of nitrogens with one attached hydrogen (secondary N) is 1. The van der Waals surface area contributed by atoms with Gasteiger partial charge >= 0.3 is 0 Å². The number of nitrogens with zero attached hydrogens (tertiary/aromatic N) is 1. The molecule has 2 heterocycles. The minimum atomic E-state index is 0.0372. The van der Waals surface area contributed by atoms with E-state index in [4.69, 9.17) is 11.6 Å². The van der Waals surface area contributed by atoms with E-state index in [9.17, 15) is 0 Å². The zero-order valence-corrected chi connectivity index (χ0v) is 9.31. The summed E-state index contributed by atoms with van der Waals surface area (Å²) in [5.41, 5.74) is 1.98. The molecule has 1 N–H and O–H groups in total. The zero-order chi connectivity index (χ0) is 10.3. The first-order chi connectivity index (χ1) is 6.48. The highest BCUT2D eigenvalue weighted by atomic mass is 35.5. The van der Waals surface area contributed by atoms with Crippen LogP contribution in [0, 0.1) is 0 Å². The standard InChI is InChI=1S/C11H13ClN2/c1-11(2,3)8-6-7-4-5-13-10(7)14-9(8)12/h4-6H,1-3H3,(H,13,14). The third kappa shape index (κ3) is 1.50. The Balaban J connectivity index is 2.71. The van der Waals surface area contributed by atoms with Crippen molar-refractivity contribution >= 4 is 22.6 Å². The Kier molecular flexibility index (Phi) is 2.04. The van der Waals surface area contributed by atoms with E-state index in [1.165, 1.54) is 0 Å². The topological polar surface area (TPSA) is 28.7 Å². The largest absolute Gasteiger partial charge is 0.346 e. The summed E-state index contributed by atoms with van der Waals surface area (Å²) >= 11 is 6.11. The second-order valence-corrected chi connectivity index (χ2v) is 4.85. The quantitative estimate of drug-likeness (QED) is 0.660. The molecule has 0 saturated carbocycles. The molecule has 0 aliphatic heterocycles. The van der Waals surface area contributed by atoms with Gasteiger partial charge in [0, 0.05) is 11.6 Å². The Labute approximate surface area is 88.3 Å². The summed E-state index contributed by atoms with van der Waals surface area (Å²) in [4.78, 5) is 7.36. The molecule has 0 spiro atoms. The smallest absolute Gasteiger partial charge is 0.139 e.